The van der Waals surface area contributed by atoms with Gasteiger partial charge in [0.1, 0.15) is 0 Å². The first-order valence-corrected chi connectivity index (χ1v) is 12.7. The number of hydrogen-bond donors (Lipinski definition) is 0. The molecule has 170 valence electrons. The lowest BCUT2D eigenvalue weighted by Gasteiger charge is -2.20. The molecular formula is C33H38. The molecule has 33 heavy (non-hydrogen) atoms. The lowest BCUT2D eigenvalue weighted by atomic mass is 9.84. The molecule has 0 atom stereocenters. The van der Waals surface area contributed by atoms with E-state index < -0.39 is 0 Å². The number of rotatable bonds is 4. The van der Waals surface area contributed by atoms with Gasteiger partial charge in [0.2, 0.25) is 0 Å². The summed E-state index contributed by atoms with van der Waals surface area (Å²) in [6.07, 6.45) is 7.73. The quantitative estimate of drug-likeness (QED) is 0.383. The molecule has 0 saturated heterocycles. The maximum atomic E-state index is 2.52. The molecule has 3 aromatic rings. The third-order valence-corrected chi connectivity index (χ3v) is 7.48. The first-order chi connectivity index (χ1) is 15.6. The van der Waals surface area contributed by atoms with E-state index in [1.54, 1.807) is 5.57 Å². The second kappa shape index (κ2) is 8.01. The molecule has 0 unspecified atom stereocenters. The highest BCUT2D eigenvalue weighted by molar-refractivity contribution is 5.87. The van der Waals surface area contributed by atoms with Crippen LogP contribution in [0.15, 0.2) is 66.2 Å². The predicted octanol–water partition coefficient (Wildman–Crippen LogP) is 9.36. The van der Waals surface area contributed by atoms with Crippen molar-refractivity contribution in [2.45, 2.75) is 78.1 Å². The van der Waals surface area contributed by atoms with E-state index in [0.29, 0.717) is 0 Å². The number of hydrogen-bond acceptors (Lipinski definition) is 0. The van der Waals surface area contributed by atoms with Gasteiger partial charge in [-0.3, -0.25) is 0 Å². The summed E-state index contributed by atoms with van der Waals surface area (Å²) in [5.74, 6) is 0.926. The fourth-order valence-corrected chi connectivity index (χ4v) is 5.15. The molecule has 0 heterocycles. The zero-order valence-corrected chi connectivity index (χ0v) is 21.3. The SMILES string of the molecule is CC(C)(C)c1ccc(-c2ccc(-c3ccc(C(C)(C)C)cc3)c3c2C=C(CC2CC2)C3)cc1. The van der Waals surface area contributed by atoms with Crippen molar-refractivity contribution < 1.29 is 0 Å². The van der Waals surface area contributed by atoms with Crippen LogP contribution in [-0.4, -0.2) is 0 Å². The van der Waals surface area contributed by atoms with Crippen molar-refractivity contribution >= 4 is 6.08 Å². The van der Waals surface area contributed by atoms with Gasteiger partial charge in [-0.2, -0.15) is 0 Å². The lowest BCUT2D eigenvalue weighted by Crippen LogP contribution is -2.10. The number of fused-ring (bicyclic) bond motifs is 1. The molecular weight excluding hydrogens is 396 g/mol. The highest BCUT2D eigenvalue weighted by atomic mass is 14.3. The third kappa shape index (κ3) is 4.58. The number of allylic oxidation sites excluding steroid dienone is 1. The van der Waals surface area contributed by atoms with Crippen molar-refractivity contribution in [3.63, 3.8) is 0 Å². The van der Waals surface area contributed by atoms with Gasteiger partial charge in [0.05, 0.1) is 0 Å². The van der Waals surface area contributed by atoms with Crippen LogP contribution in [0.25, 0.3) is 28.3 Å². The van der Waals surface area contributed by atoms with Crippen LogP contribution in [0.4, 0.5) is 0 Å². The Morgan fingerprint density at radius 1 is 0.636 bits per heavy atom. The molecule has 0 N–H and O–H groups in total. The minimum absolute atomic E-state index is 0.181. The van der Waals surface area contributed by atoms with E-state index in [0.717, 1.165) is 12.3 Å². The Bertz CT molecular complexity index is 1190. The van der Waals surface area contributed by atoms with Crippen molar-refractivity contribution in [2.24, 2.45) is 5.92 Å². The van der Waals surface area contributed by atoms with Gasteiger partial charge >= 0.3 is 0 Å². The Kier molecular flexibility index (Phi) is 5.39. The second-order valence-electron chi connectivity index (χ2n) is 12.3. The first-order valence-electron chi connectivity index (χ1n) is 12.7. The van der Waals surface area contributed by atoms with Gasteiger partial charge in [0, 0.05) is 0 Å². The molecule has 0 amide bonds. The molecule has 0 radical (unpaired) electrons. The van der Waals surface area contributed by atoms with Crippen LogP contribution in [-0.2, 0) is 17.3 Å². The van der Waals surface area contributed by atoms with Crippen LogP contribution in [0.1, 0.15) is 83.1 Å². The van der Waals surface area contributed by atoms with E-state index >= 15 is 0 Å². The molecule has 0 nitrogen and oxygen atoms in total. The van der Waals surface area contributed by atoms with Gasteiger partial charge < -0.3 is 0 Å². The van der Waals surface area contributed by atoms with Gasteiger partial charge in [0.25, 0.3) is 0 Å². The highest BCUT2D eigenvalue weighted by Crippen LogP contribution is 2.44. The van der Waals surface area contributed by atoms with Crippen molar-refractivity contribution in [3.8, 4) is 22.3 Å². The Labute approximate surface area is 200 Å². The smallest absolute Gasteiger partial charge is 0.00513 e. The van der Waals surface area contributed by atoms with Gasteiger partial charge in [-0.05, 0) is 86.9 Å². The van der Waals surface area contributed by atoms with Crippen LogP contribution in [0.3, 0.4) is 0 Å². The Hall–Kier alpha value is -2.60. The summed E-state index contributed by atoms with van der Waals surface area (Å²) in [7, 11) is 0. The Morgan fingerprint density at radius 2 is 1.12 bits per heavy atom. The van der Waals surface area contributed by atoms with Crippen LogP contribution in [0.2, 0.25) is 0 Å². The summed E-state index contributed by atoms with van der Waals surface area (Å²) in [5, 5.41) is 0. The molecule has 0 spiro atoms. The molecule has 5 rings (SSSR count). The normalized spacial score (nSPS) is 16.0. The standard InChI is InChI=1S/C33H38/c1-32(2,3)26-13-9-24(10-14-26)28-17-18-29(25-11-15-27(16-12-25)33(4,5)6)31-21-23(20-30(28)31)19-22-7-8-22/h9-18,20,22H,7-8,19,21H2,1-6H3. The summed E-state index contributed by atoms with van der Waals surface area (Å²) in [5.41, 5.74) is 13.2. The predicted molar refractivity (Wildman–Crippen MR) is 144 cm³/mol. The molecule has 3 aromatic carbocycles. The van der Waals surface area contributed by atoms with E-state index in [1.807, 2.05) is 0 Å². The summed E-state index contributed by atoms with van der Waals surface area (Å²) in [6.45, 7) is 13.7. The molecule has 2 aliphatic rings. The van der Waals surface area contributed by atoms with E-state index in [9.17, 15) is 0 Å². The van der Waals surface area contributed by atoms with Gasteiger partial charge in [-0.1, -0.05) is 114 Å². The third-order valence-electron chi connectivity index (χ3n) is 7.48. The molecule has 1 saturated carbocycles. The monoisotopic (exact) mass is 434 g/mol. The molecule has 0 aromatic heterocycles. The van der Waals surface area contributed by atoms with E-state index in [4.69, 9.17) is 0 Å². The summed E-state index contributed by atoms with van der Waals surface area (Å²) >= 11 is 0. The number of benzene rings is 3. The summed E-state index contributed by atoms with van der Waals surface area (Å²) < 4.78 is 0. The summed E-state index contributed by atoms with van der Waals surface area (Å²) in [4.78, 5) is 0. The second-order valence-corrected chi connectivity index (χ2v) is 12.3. The minimum Gasteiger partial charge on any atom is -0.0649 e. The van der Waals surface area contributed by atoms with Crippen LogP contribution in [0.5, 0.6) is 0 Å². The van der Waals surface area contributed by atoms with Crippen LogP contribution < -0.4 is 0 Å². The minimum atomic E-state index is 0.181. The van der Waals surface area contributed by atoms with Gasteiger partial charge in [0.15, 0.2) is 0 Å². The maximum absolute atomic E-state index is 2.52. The van der Waals surface area contributed by atoms with Crippen LogP contribution >= 0.6 is 0 Å². The average molecular weight is 435 g/mol. The molecule has 0 heteroatoms. The van der Waals surface area contributed by atoms with Gasteiger partial charge in [-0.15, -0.1) is 0 Å². The molecule has 0 aliphatic heterocycles. The zero-order chi connectivity index (χ0) is 23.4. The lowest BCUT2D eigenvalue weighted by molar-refractivity contribution is 0.590. The fourth-order valence-electron chi connectivity index (χ4n) is 5.15. The maximum Gasteiger partial charge on any atom is -0.00513 e. The topological polar surface area (TPSA) is 0 Å². The largest absolute Gasteiger partial charge is 0.0649 e. The molecule has 0 bridgehead atoms. The molecule has 2 aliphatic carbocycles. The Morgan fingerprint density at radius 3 is 1.61 bits per heavy atom. The summed E-state index contributed by atoms with van der Waals surface area (Å²) in [6, 6.07) is 23.3. The van der Waals surface area contributed by atoms with Crippen molar-refractivity contribution in [1.29, 1.82) is 0 Å². The van der Waals surface area contributed by atoms with Crippen molar-refractivity contribution in [3.05, 3.63) is 88.5 Å². The van der Waals surface area contributed by atoms with Crippen molar-refractivity contribution in [2.75, 3.05) is 0 Å². The first kappa shape index (κ1) is 22.2. The fraction of sp³-hybridized carbons (Fsp3) is 0.394. The highest BCUT2D eigenvalue weighted by Gasteiger charge is 2.27. The van der Waals surface area contributed by atoms with Crippen molar-refractivity contribution in [1.82, 2.24) is 0 Å². The molecule has 1 fully saturated rings. The van der Waals surface area contributed by atoms with E-state index in [-0.39, 0.29) is 10.8 Å². The van der Waals surface area contributed by atoms with E-state index in [2.05, 4.69) is 108 Å². The van der Waals surface area contributed by atoms with E-state index in [1.165, 1.54) is 63.8 Å². The van der Waals surface area contributed by atoms with Crippen LogP contribution in [0, 0.1) is 5.92 Å². The Balaban J connectivity index is 1.56. The van der Waals surface area contributed by atoms with Gasteiger partial charge in [-0.25, -0.2) is 0 Å². The average Bonchev–Trinajstić information content (AvgIpc) is 3.47. The zero-order valence-electron chi connectivity index (χ0n) is 21.3.